The number of amides is 1. The van der Waals surface area contributed by atoms with Crippen LogP contribution in [0.15, 0.2) is 48.3 Å². The number of ether oxygens (including phenoxy) is 1. The van der Waals surface area contributed by atoms with Crippen molar-refractivity contribution in [3.8, 4) is 5.75 Å². The molecule has 1 aromatic rings. The molecule has 3 aliphatic heterocycles. The Balaban J connectivity index is 1.51. The number of methoxy groups -OCH3 is 1. The normalized spacial score (nSPS) is 23.5. The molecule has 0 radical (unpaired) electrons. The summed E-state index contributed by atoms with van der Waals surface area (Å²) >= 11 is 0. The van der Waals surface area contributed by atoms with Crippen LogP contribution in [0.3, 0.4) is 0 Å². The van der Waals surface area contributed by atoms with Crippen LogP contribution in [0.4, 0.5) is 4.39 Å². The Morgan fingerprint density at radius 1 is 1.29 bits per heavy atom. The van der Waals surface area contributed by atoms with Gasteiger partial charge in [0.1, 0.15) is 0 Å². The molecule has 7 heteroatoms. The molecular formula is C21H25FN3O2P. The minimum atomic E-state index is -0.410. The minimum absolute atomic E-state index is 0.00346. The molecular weight excluding hydrogens is 376 g/mol. The van der Waals surface area contributed by atoms with Gasteiger partial charge in [0.2, 0.25) is 0 Å². The van der Waals surface area contributed by atoms with Crippen molar-refractivity contribution in [2.24, 2.45) is 0 Å². The summed E-state index contributed by atoms with van der Waals surface area (Å²) in [5, 5.41) is 4.22. The number of likely N-dealkylation sites (tertiary alicyclic amines) is 1. The largest absolute Gasteiger partial charge is 0.494 e. The lowest BCUT2D eigenvalue weighted by atomic mass is 10.0. The maximum absolute atomic E-state index is 14.1. The molecule has 0 spiro atoms. The van der Waals surface area contributed by atoms with Gasteiger partial charge < -0.3 is 19.9 Å². The molecule has 1 amide bonds. The number of benzene rings is 1. The SMILES string of the molecule is CNC1CCN(C2=CN3C(=O)C=C(c4ccc(OC)c(F)c4)PC3C=C2)CC1. The van der Waals surface area contributed by atoms with Crippen molar-refractivity contribution in [2.45, 2.75) is 24.7 Å². The zero-order valence-electron chi connectivity index (χ0n) is 16.1. The van der Waals surface area contributed by atoms with E-state index in [0.717, 1.165) is 42.5 Å². The number of rotatable bonds is 4. The molecule has 0 aliphatic carbocycles. The van der Waals surface area contributed by atoms with Gasteiger partial charge in [-0.3, -0.25) is 4.79 Å². The summed E-state index contributed by atoms with van der Waals surface area (Å²) in [7, 11) is 3.83. The van der Waals surface area contributed by atoms with Crippen LogP contribution in [0, 0.1) is 5.82 Å². The minimum Gasteiger partial charge on any atom is -0.494 e. The Morgan fingerprint density at radius 2 is 2.07 bits per heavy atom. The lowest BCUT2D eigenvalue weighted by Crippen LogP contribution is -2.42. The van der Waals surface area contributed by atoms with Gasteiger partial charge in [0.25, 0.3) is 5.91 Å². The Labute approximate surface area is 166 Å². The average Bonchev–Trinajstić information content (AvgIpc) is 2.73. The fraction of sp³-hybridized carbons (Fsp3) is 0.381. The highest BCUT2D eigenvalue weighted by Gasteiger charge is 2.30. The van der Waals surface area contributed by atoms with Gasteiger partial charge in [-0.1, -0.05) is 20.7 Å². The summed E-state index contributed by atoms with van der Waals surface area (Å²) in [4.78, 5) is 16.9. The Kier molecular flexibility index (Phi) is 5.51. The Morgan fingerprint density at radius 3 is 2.75 bits per heavy atom. The molecule has 2 unspecified atom stereocenters. The van der Waals surface area contributed by atoms with Gasteiger partial charge in [-0.15, -0.1) is 0 Å². The summed E-state index contributed by atoms with van der Waals surface area (Å²) in [5.41, 5.74) is 1.83. The number of nitrogens with one attached hydrogen (secondary N) is 1. The zero-order valence-corrected chi connectivity index (χ0v) is 17.1. The first kappa shape index (κ1) is 19.2. The van der Waals surface area contributed by atoms with Crippen LogP contribution in [0.5, 0.6) is 5.75 Å². The molecule has 1 fully saturated rings. The van der Waals surface area contributed by atoms with Gasteiger partial charge in [-0.05, 0) is 49.0 Å². The lowest BCUT2D eigenvalue weighted by molar-refractivity contribution is -0.123. The van der Waals surface area contributed by atoms with Crippen LogP contribution in [0.2, 0.25) is 0 Å². The van der Waals surface area contributed by atoms with E-state index >= 15 is 0 Å². The second-order valence-corrected chi connectivity index (χ2v) is 8.62. The maximum Gasteiger partial charge on any atom is 0.252 e. The third kappa shape index (κ3) is 3.71. The lowest BCUT2D eigenvalue weighted by Gasteiger charge is -2.39. The van der Waals surface area contributed by atoms with Gasteiger partial charge in [-0.2, -0.15) is 0 Å². The van der Waals surface area contributed by atoms with E-state index in [1.807, 2.05) is 19.3 Å². The van der Waals surface area contributed by atoms with E-state index in [1.54, 1.807) is 17.0 Å². The van der Waals surface area contributed by atoms with Crippen molar-refractivity contribution in [3.05, 3.63) is 59.7 Å². The Hall–Kier alpha value is -2.17. The average molecular weight is 401 g/mol. The number of fused-ring (bicyclic) bond motifs is 1. The standard InChI is InChI=1S/C21H25FN3O2P/c1-23-15-7-9-24(10-8-15)16-4-6-21-25(13-16)20(26)12-19(28-21)14-3-5-18(27-2)17(22)11-14/h3-6,11-13,15,21,23,28H,7-10H2,1-2H3. The molecule has 1 N–H and O–H groups in total. The molecule has 4 rings (SSSR count). The fourth-order valence-corrected chi connectivity index (χ4v) is 5.26. The van der Waals surface area contributed by atoms with E-state index in [4.69, 9.17) is 4.74 Å². The monoisotopic (exact) mass is 401 g/mol. The zero-order chi connectivity index (χ0) is 19.7. The molecule has 3 heterocycles. The number of carbonyl (C=O) groups excluding carboxylic acids is 1. The van der Waals surface area contributed by atoms with Crippen molar-refractivity contribution in [1.82, 2.24) is 15.1 Å². The number of piperidine rings is 1. The number of nitrogens with zero attached hydrogens (tertiary/aromatic N) is 2. The van der Waals surface area contributed by atoms with Gasteiger partial charge in [0, 0.05) is 31.4 Å². The van der Waals surface area contributed by atoms with Gasteiger partial charge in [0.15, 0.2) is 11.6 Å². The van der Waals surface area contributed by atoms with E-state index in [2.05, 4.69) is 22.4 Å². The molecule has 0 aromatic heterocycles. The van der Waals surface area contributed by atoms with E-state index in [9.17, 15) is 9.18 Å². The highest BCUT2D eigenvalue weighted by atomic mass is 31.1. The van der Waals surface area contributed by atoms with Crippen LogP contribution in [0.25, 0.3) is 5.31 Å². The third-order valence-corrected chi connectivity index (χ3v) is 7.09. The molecule has 148 valence electrons. The van der Waals surface area contributed by atoms with Crippen LogP contribution in [0.1, 0.15) is 18.4 Å². The van der Waals surface area contributed by atoms with Crippen molar-refractivity contribution in [1.29, 1.82) is 0 Å². The molecule has 28 heavy (non-hydrogen) atoms. The molecule has 0 saturated carbocycles. The summed E-state index contributed by atoms with van der Waals surface area (Å²) in [5.74, 6) is -0.256. The highest BCUT2D eigenvalue weighted by molar-refractivity contribution is 7.51. The first-order valence-corrected chi connectivity index (χ1v) is 10.6. The summed E-state index contributed by atoms with van der Waals surface area (Å²) in [6, 6.07) is 5.44. The van der Waals surface area contributed by atoms with Crippen LogP contribution in [-0.4, -0.2) is 54.8 Å². The predicted molar refractivity (Wildman–Crippen MR) is 111 cm³/mol. The first-order valence-electron chi connectivity index (χ1n) is 9.55. The quantitative estimate of drug-likeness (QED) is 0.788. The van der Waals surface area contributed by atoms with Crippen molar-refractivity contribution in [3.63, 3.8) is 0 Å². The Bertz CT molecular complexity index is 859. The third-order valence-electron chi connectivity index (χ3n) is 5.58. The molecule has 1 aromatic carbocycles. The van der Waals surface area contributed by atoms with E-state index in [1.165, 1.54) is 13.2 Å². The van der Waals surface area contributed by atoms with E-state index < -0.39 is 5.82 Å². The summed E-state index contributed by atoms with van der Waals surface area (Å²) < 4.78 is 19.1. The topological polar surface area (TPSA) is 44.8 Å². The van der Waals surface area contributed by atoms with E-state index in [-0.39, 0.29) is 17.4 Å². The second-order valence-electron chi connectivity index (χ2n) is 7.21. The van der Waals surface area contributed by atoms with E-state index in [0.29, 0.717) is 14.6 Å². The number of hydrogen-bond donors (Lipinski definition) is 1. The summed E-state index contributed by atoms with van der Waals surface area (Å²) in [6.07, 6.45) is 10.0. The fourth-order valence-electron chi connectivity index (χ4n) is 3.88. The van der Waals surface area contributed by atoms with Crippen molar-refractivity contribution >= 4 is 19.8 Å². The molecule has 3 aliphatic rings. The van der Waals surface area contributed by atoms with Crippen molar-refractivity contribution in [2.75, 3.05) is 27.2 Å². The number of allylic oxidation sites excluding steroid dienone is 1. The first-order chi connectivity index (χ1) is 13.6. The van der Waals surface area contributed by atoms with Crippen LogP contribution >= 0.6 is 8.58 Å². The number of hydrogen-bond acceptors (Lipinski definition) is 4. The molecule has 5 nitrogen and oxygen atoms in total. The van der Waals surface area contributed by atoms with Gasteiger partial charge >= 0.3 is 0 Å². The predicted octanol–water partition coefficient (Wildman–Crippen LogP) is 3.12. The van der Waals surface area contributed by atoms with Crippen molar-refractivity contribution < 1.29 is 13.9 Å². The smallest absolute Gasteiger partial charge is 0.252 e. The molecule has 1 saturated heterocycles. The summed E-state index contributed by atoms with van der Waals surface area (Å²) in [6.45, 7) is 1.98. The number of carbonyl (C=O) groups is 1. The van der Waals surface area contributed by atoms with Gasteiger partial charge in [0.05, 0.1) is 18.6 Å². The molecule has 0 bridgehead atoms. The maximum atomic E-state index is 14.1. The highest BCUT2D eigenvalue weighted by Crippen LogP contribution is 2.45. The van der Waals surface area contributed by atoms with Crippen LogP contribution < -0.4 is 10.1 Å². The number of halogens is 1. The second kappa shape index (κ2) is 8.06. The molecule has 2 atom stereocenters. The van der Waals surface area contributed by atoms with Crippen LogP contribution in [-0.2, 0) is 4.79 Å². The van der Waals surface area contributed by atoms with Gasteiger partial charge in [-0.25, -0.2) is 4.39 Å².